The Morgan fingerprint density at radius 3 is 2.39 bits per heavy atom. The first kappa shape index (κ1) is 31.2. The van der Waals surface area contributed by atoms with E-state index >= 15 is 0 Å². The maximum atomic E-state index is 14.8. The maximum Gasteiger partial charge on any atom is 0.415 e. The van der Waals surface area contributed by atoms with Crippen molar-refractivity contribution in [3.8, 4) is 0 Å². The molecule has 3 heterocycles. The Morgan fingerprint density at radius 2 is 1.71 bits per heavy atom. The van der Waals surface area contributed by atoms with Crippen LogP contribution in [0.3, 0.4) is 0 Å². The molecular weight excluding hydrogens is 593 g/mol. The van der Waals surface area contributed by atoms with E-state index in [4.69, 9.17) is 16.3 Å². The van der Waals surface area contributed by atoms with Gasteiger partial charge in [0.15, 0.2) is 15.9 Å². The monoisotopic (exact) mass is 624 g/mol. The van der Waals surface area contributed by atoms with Gasteiger partial charge in [-0.2, -0.15) is 0 Å². The van der Waals surface area contributed by atoms with Crippen LogP contribution in [0.5, 0.6) is 0 Å². The summed E-state index contributed by atoms with van der Waals surface area (Å²) in [5.74, 6) is -0.738. The van der Waals surface area contributed by atoms with Gasteiger partial charge in [-0.1, -0.05) is 41.9 Å². The number of carbonyl (C=O) groups excluding carboxylic acids is 1. The van der Waals surface area contributed by atoms with Gasteiger partial charge in [0.2, 0.25) is 0 Å². The molecule has 0 spiro atoms. The Morgan fingerprint density at radius 1 is 1.00 bits per heavy atom. The van der Waals surface area contributed by atoms with Crippen molar-refractivity contribution < 1.29 is 43.6 Å². The van der Waals surface area contributed by atoms with E-state index in [0.29, 0.717) is 34.6 Å². The number of halogens is 4. The van der Waals surface area contributed by atoms with Crippen LogP contribution in [0.2, 0.25) is 5.02 Å². The Hall–Kier alpha value is -2.72. The highest BCUT2D eigenvalue weighted by molar-refractivity contribution is 7.91. The molecule has 3 saturated heterocycles. The zero-order chi connectivity index (χ0) is 28.3. The van der Waals surface area contributed by atoms with Gasteiger partial charge < -0.3 is 21.6 Å². The second-order valence-corrected chi connectivity index (χ2v) is 13.3. The maximum absolute atomic E-state index is 14.8. The van der Waals surface area contributed by atoms with Crippen LogP contribution in [-0.4, -0.2) is 57.0 Å². The lowest BCUT2D eigenvalue weighted by Gasteiger charge is -2.52. The molecule has 0 unspecified atom stereocenters. The molecule has 0 N–H and O–H groups in total. The minimum absolute atomic E-state index is 0. The topological polar surface area (TPSA) is 63.7 Å². The number of benzene rings is 3. The number of fused-ring (bicyclic) bond motifs is 3. The number of piperidine rings is 3. The standard InChI is InChI=1S/C30H32ClF2N2O4S.ClH/c31-24-5-3-6-26(19-24)40(37,38)18-4-15-35-16-13-23(14-17-35)29(21-35)39-30(36)34(28-8-2-1-7-27(28)33)20-22-9-11-25(32)12-10-22;/h1-3,5-12,19,23,29H,4,13-18,20-21H2;1H/q+1;/p-1/t23?,29-,35?;/m0./s1. The van der Waals surface area contributed by atoms with Crippen molar-refractivity contribution in [3.63, 3.8) is 0 Å². The van der Waals surface area contributed by atoms with Gasteiger partial charge in [0.1, 0.15) is 18.2 Å². The SMILES string of the molecule is O=C(O[C@H]1C[N+]2(CCCS(=O)(=O)c3cccc(Cl)c3)CCC1CC2)N(Cc1ccc(F)cc1)c1ccccc1F.[Cl-]. The van der Waals surface area contributed by atoms with Crippen LogP contribution in [0.4, 0.5) is 19.3 Å². The predicted octanol–water partition coefficient (Wildman–Crippen LogP) is 3.24. The zero-order valence-corrected chi connectivity index (χ0v) is 24.7. The first-order valence-corrected chi connectivity index (χ1v) is 15.5. The smallest absolute Gasteiger partial charge is 0.415 e. The summed E-state index contributed by atoms with van der Waals surface area (Å²) < 4.78 is 60.7. The zero-order valence-electron chi connectivity index (χ0n) is 22.4. The second kappa shape index (κ2) is 13.1. The first-order chi connectivity index (χ1) is 19.1. The molecule has 0 aromatic heterocycles. The third-order valence-corrected chi connectivity index (χ3v) is 10.1. The van der Waals surface area contributed by atoms with E-state index in [-0.39, 0.29) is 47.3 Å². The van der Waals surface area contributed by atoms with Gasteiger partial charge >= 0.3 is 6.09 Å². The van der Waals surface area contributed by atoms with Gasteiger partial charge in [-0.05, 0) is 48.0 Å². The van der Waals surface area contributed by atoms with E-state index in [9.17, 15) is 22.0 Å². The molecule has 41 heavy (non-hydrogen) atoms. The van der Waals surface area contributed by atoms with Gasteiger partial charge in [0.05, 0.1) is 42.5 Å². The lowest BCUT2D eigenvalue weighted by atomic mass is 9.83. The summed E-state index contributed by atoms with van der Waals surface area (Å²) in [6.07, 6.45) is 1.20. The van der Waals surface area contributed by atoms with E-state index in [0.717, 1.165) is 25.9 Å². The molecule has 1 atom stereocenters. The molecule has 6 nitrogen and oxygen atoms in total. The number of hydrogen-bond acceptors (Lipinski definition) is 4. The van der Waals surface area contributed by atoms with Gasteiger partial charge in [-0.15, -0.1) is 0 Å². The molecule has 0 radical (unpaired) electrons. The number of nitrogens with zero attached hydrogens (tertiary/aromatic N) is 2. The third kappa shape index (κ3) is 7.38. The molecule has 220 valence electrons. The Balaban J connectivity index is 0.00000387. The normalized spacial score (nSPS) is 21.6. The fourth-order valence-electron chi connectivity index (χ4n) is 5.92. The van der Waals surface area contributed by atoms with Crippen molar-refractivity contribution in [2.75, 3.05) is 36.8 Å². The average molecular weight is 626 g/mol. The van der Waals surface area contributed by atoms with Crippen molar-refractivity contribution in [1.82, 2.24) is 0 Å². The number of carbonyl (C=O) groups is 1. The second-order valence-electron chi connectivity index (χ2n) is 10.7. The van der Waals surface area contributed by atoms with Gasteiger partial charge in [0, 0.05) is 30.2 Å². The Labute approximate surface area is 250 Å². The highest BCUT2D eigenvalue weighted by Gasteiger charge is 2.48. The first-order valence-electron chi connectivity index (χ1n) is 13.4. The number of anilines is 1. The molecular formula is C30H32Cl2F2N2O4S. The number of sulfone groups is 1. The molecule has 0 aliphatic carbocycles. The summed E-state index contributed by atoms with van der Waals surface area (Å²) in [5, 5.41) is 0.384. The van der Waals surface area contributed by atoms with E-state index in [2.05, 4.69) is 0 Å². The number of amides is 1. The highest BCUT2D eigenvalue weighted by Crippen LogP contribution is 2.37. The van der Waals surface area contributed by atoms with E-state index in [1.165, 1.54) is 35.2 Å². The molecule has 11 heteroatoms. The van der Waals surface area contributed by atoms with Crippen molar-refractivity contribution in [2.24, 2.45) is 5.92 Å². The molecule has 3 fully saturated rings. The van der Waals surface area contributed by atoms with Crippen molar-refractivity contribution in [3.05, 3.63) is 95.0 Å². The largest absolute Gasteiger partial charge is 1.00 e. The quantitative estimate of drug-likeness (QED) is 0.343. The summed E-state index contributed by atoms with van der Waals surface area (Å²) in [4.78, 5) is 15.0. The van der Waals surface area contributed by atoms with Crippen LogP contribution < -0.4 is 17.3 Å². The summed E-state index contributed by atoms with van der Waals surface area (Å²) in [7, 11) is -3.46. The number of rotatable bonds is 9. The van der Waals surface area contributed by atoms with Crippen LogP contribution in [-0.2, 0) is 21.1 Å². The summed E-state index contributed by atoms with van der Waals surface area (Å²) in [5.41, 5.74) is 0.730. The Kier molecular flexibility index (Phi) is 9.95. The van der Waals surface area contributed by atoms with Crippen LogP contribution in [0, 0.1) is 17.6 Å². The van der Waals surface area contributed by atoms with Crippen LogP contribution >= 0.6 is 11.6 Å². The van der Waals surface area contributed by atoms with E-state index in [1.54, 1.807) is 42.5 Å². The number of hydrogen-bond donors (Lipinski definition) is 0. The highest BCUT2D eigenvalue weighted by atomic mass is 35.5. The molecule has 3 aliphatic heterocycles. The van der Waals surface area contributed by atoms with Gasteiger partial charge in [0.25, 0.3) is 0 Å². The fourth-order valence-corrected chi connectivity index (χ4v) is 7.51. The lowest BCUT2D eigenvalue weighted by Crippen LogP contribution is -3.00. The molecule has 3 aromatic rings. The number of ether oxygens (including phenoxy) is 1. The third-order valence-electron chi connectivity index (χ3n) is 8.11. The molecule has 3 aromatic carbocycles. The molecule has 3 aliphatic rings. The van der Waals surface area contributed by atoms with E-state index < -0.39 is 27.6 Å². The fraction of sp³-hybridized carbons (Fsp3) is 0.367. The molecule has 0 saturated carbocycles. The van der Waals surface area contributed by atoms with Crippen LogP contribution in [0.25, 0.3) is 0 Å². The lowest BCUT2D eigenvalue weighted by molar-refractivity contribution is -0.946. The Bertz CT molecular complexity index is 1470. The minimum atomic E-state index is -3.46. The molecule has 1 amide bonds. The minimum Gasteiger partial charge on any atom is -1.00 e. The van der Waals surface area contributed by atoms with Crippen LogP contribution in [0.15, 0.2) is 77.7 Å². The van der Waals surface area contributed by atoms with E-state index in [1.807, 2.05) is 0 Å². The van der Waals surface area contributed by atoms with Gasteiger partial charge in [-0.25, -0.2) is 22.0 Å². The average Bonchev–Trinajstić information content (AvgIpc) is 2.93. The molecule has 2 bridgehead atoms. The van der Waals surface area contributed by atoms with Crippen molar-refractivity contribution in [2.45, 2.75) is 36.8 Å². The predicted molar refractivity (Wildman–Crippen MR) is 150 cm³/mol. The molecule has 6 rings (SSSR count). The summed E-state index contributed by atoms with van der Waals surface area (Å²) in [6, 6.07) is 18.0. The summed E-state index contributed by atoms with van der Waals surface area (Å²) in [6.45, 7) is 3.09. The summed E-state index contributed by atoms with van der Waals surface area (Å²) >= 11 is 5.99. The van der Waals surface area contributed by atoms with Crippen LogP contribution in [0.1, 0.15) is 24.8 Å². The van der Waals surface area contributed by atoms with Gasteiger partial charge in [-0.3, -0.25) is 4.90 Å². The van der Waals surface area contributed by atoms with Crippen molar-refractivity contribution >= 4 is 33.2 Å². The number of para-hydroxylation sites is 1. The number of quaternary nitrogens is 1. The van der Waals surface area contributed by atoms with Crippen molar-refractivity contribution in [1.29, 1.82) is 0 Å².